The van der Waals surface area contributed by atoms with Gasteiger partial charge in [-0.15, -0.1) is 0 Å². The first-order chi connectivity index (χ1) is 5.88. The lowest BCUT2D eigenvalue weighted by molar-refractivity contribution is 0.140. The summed E-state index contributed by atoms with van der Waals surface area (Å²) >= 11 is 0. The molecule has 0 heterocycles. The fourth-order valence-electron chi connectivity index (χ4n) is 2.00. The number of hydrogen-bond donors (Lipinski definition) is 1. The second kappa shape index (κ2) is 3.33. The van der Waals surface area contributed by atoms with Crippen LogP contribution in [0.2, 0.25) is 0 Å². The fraction of sp³-hybridized carbons (Fsp3) is 0.818. The van der Waals surface area contributed by atoms with Crippen LogP contribution >= 0.6 is 0 Å². The summed E-state index contributed by atoms with van der Waals surface area (Å²) in [6, 6.07) is 0. The van der Waals surface area contributed by atoms with Gasteiger partial charge in [0.2, 0.25) is 0 Å². The second-order valence-corrected chi connectivity index (χ2v) is 4.92. The van der Waals surface area contributed by atoms with Crippen molar-refractivity contribution in [3.8, 4) is 0 Å². The molecule has 0 saturated carbocycles. The summed E-state index contributed by atoms with van der Waals surface area (Å²) in [4.78, 5) is 0. The molecule has 2 nitrogen and oxygen atoms in total. The summed E-state index contributed by atoms with van der Waals surface area (Å²) in [6.45, 7) is 8.50. The topological polar surface area (TPSA) is 29.5 Å². The Morgan fingerprint density at radius 1 is 1.38 bits per heavy atom. The molecule has 0 amide bonds. The number of methoxy groups -OCH3 is 1. The average molecular weight is 184 g/mol. The quantitative estimate of drug-likeness (QED) is 0.677. The Morgan fingerprint density at radius 3 is 2.23 bits per heavy atom. The van der Waals surface area contributed by atoms with E-state index >= 15 is 0 Å². The van der Waals surface area contributed by atoms with Gasteiger partial charge in [0.05, 0.1) is 13.2 Å². The number of ether oxygens (including phenoxy) is 1. The van der Waals surface area contributed by atoms with Crippen LogP contribution in [0.25, 0.3) is 0 Å². The Labute approximate surface area is 80.6 Å². The highest BCUT2D eigenvalue weighted by atomic mass is 16.5. The third-order valence-electron chi connectivity index (χ3n) is 2.93. The van der Waals surface area contributed by atoms with Crippen LogP contribution in [0.15, 0.2) is 11.3 Å². The Bertz CT molecular complexity index is 223. The van der Waals surface area contributed by atoms with E-state index in [1.54, 1.807) is 7.11 Å². The van der Waals surface area contributed by atoms with Crippen LogP contribution in [0, 0.1) is 11.3 Å². The van der Waals surface area contributed by atoms with E-state index < -0.39 is 0 Å². The highest BCUT2D eigenvalue weighted by molar-refractivity contribution is 5.22. The first kappa shape index (κ1) is 10.6. The van der Waals surface area contributed by atoms with E-state index in [-0.39, 0.29) is 11.5 Å². The maximum atomic E-state index is 9.70. The predicted molar refractivity (Wildman–Crippen MR) is 53.3 cm³/mol. The van der Waals surface area contributed by atoms with E-state index in [1.807, 2.05) is 6.92 Å². The molecule has 2 unspecified atom stereocenters. The molecule has 0 saturated heterocycles. The average Bonchev–Trinajstić information content (AvgIpc) is 2.28. The minimum Gasteiger partial charge on any atom is -0.501 e. The Hall–Kier alpha value is -0.500. The molecule has 0 aliphatic heterocycles. The lowest BCUT2D eigenvalue weighted by Crippen LogP contribution is -2.21. The second-order valence-electron chi connectivity index (χ2n) is 4.92. The van der Waals surface area contributed by atoms with E-state index in [0.717, 1.165) is 17.8 Å². The molecule has 0 radical (unpaired) electrons. The molecule has 1 rings (SSSR count). The molecule has 0 aromatic carbocycles. The molecular formula is C11H20O2. The number of rotatable bonds is 1. The zero-order valence-electron chi connectivity index (χ0n) is 9.22. The molecule has 0 aromatic rings. The van der Waals surface area contributed by atoms with Crippen LogP contribution in [0.3, 0.4) is 0 Å². The van der Waals surface area contributed by atoms with Crippen molar-refractivity contribution in [1.82, 2.24) is 0 Å². The van der Waals surface area contributed by atoms with Crippen molar-refractivity contribution in [2.24, 2.45) is 11.3 Å². The molecule has 0 fully saturated rings. The van der Waals surface area contributed by atoms with Crippen LogP contribution in [0.5, 0.6) is 0 Å². The molecular weight excluding hydrogens is 164 g/mol. The van der Waals surface area contributed by atoms with Gasteiger partial charge in [0.1, 0.15) is 5.76 Å². The van der Waals surface area contributed by atoms with Crippen molar-refractivity contribution in [2.75, 3.05) is 7.11 Å². The van der Waals surface area contributed by atoms with Crippen LogP contribution in [0.4, 0.5) is 0 Å². The molecule has 1 aliphatic rings. The zero-order valence-corrected chi connectivity index (χ0v) is 9.22. The third-order valence-corrected chi connectivity index (χ3v) is 2.93. The van der Waals surface area contributed by atoms with Gasteiger partial charge in [0.15, 0.2) is 0 Å². The van der Waals surface area contributed by atoms with Crippen LogP contribution in [-0.2, 0) is 4.74 Å². The van der Waals surface area contributed by atoms with Gasteiger partial charge in [0.25, 0.3) is 0 Å². The van der Waals surface area contributed by atoms with Gasteiger partial charge >= 0.3 is 0 Å². The zero-order chi connectivity index (χ0) is 10.2. The lowest BCUT2D eigenvalue weighted by atomic mass is 9.79. The van der Waals surface area contributed by atoms with E-state index in [2.05, 4.69) is 20.8 Å². The SMILES string of the molecule is COC1=C(C)C(O)CC1C(C)(C)C. The van der Waals surface area contributed by atoms with E-state index in [0.29, 0.717) is 5.92 Å². The number of aliphatic hydroxyl groups excluding tert-OH is 1. The number of allylic oxidation sites excluding steroid dienone is 1. The summed E-state index contributed by atoms with van der Waals surface area (Å²) in [5, 5.41) is 9.70. The van der Waals surface area contributed by atoms with Crippen molar-refractivity contribution in [3.63, 3.8) is 0 Å². The maximum Gasteiger partial charge on any atom is 0.101 e. The van der Waals surface area contributed by atoms with Crippen LogP contribution < -0.4 is 0 Å². The van der Waals surface area contributed by atoms with Gasteiger partial charge in [-0.1, -0.05) is 20.8 Å². The van der Waals surface area contributed by atoms with E-state index in [4.69, 9.17) is 4.74 Å². The minimum absolute atomic E-state index is 0.171. The first-order valence-corrected chi connectivity index (χ1v) is 4.80. The summed E-state index contributed by atoms with van der Waals surface area (Å²) in [5.41, 5.74) is 1.17. The van der Waals surface area contributed by atoms with E-state index in [9.17, 15) is 5.11 Å². The Morgan fingerprint density at radius 2 is 1.92 bits per heavy atom. The minimum atomic E-state index is -0.306. The van der Waals surface area contributed by atoms with Gasteiger partial charge in [-0.25, -0.2) is 0 Å². The van der Waals surface area contributed by atoms with Crippen molar-refractivity contribution >= 4 is 0 Å². The lowest BCUT2D eigenvalue weighted by Gasteiger charge is -2.28. The number of hydrogen-bond acceptors (Lipinski definition) is 2. The Kier molecular flexibility index (Phi) is 2.71. The molecule has 2 atom stereocenters. The Balaban J connectivity index is 2.93. The molecule has 0 aromatic heterocycles. The monoisotopic (exact) mass is 184 g/mol. The summed E-state index contributed by atoms with van der Waals surface area (Å²) in [7, 11) is 1.69. The molecule has 76 valence electrons. The normalized spacial score (nSPS) is 29.7. The standard InChI is InChI=1S/C11H20O2/c1-7-9(12)6-8(10(7)13-5)11(2,3)4/h8-9,12H,6H2,1-5H3. The maximum absolute atomic E-state index is 9.70. The smallest absolute Gasteiger partial charge is 0.101 e. The highest BCUT2D eigenvalue weighted by Gasteiger charge is 2.38. The predicted octanol–water partition coefficient (Wildman–Crippen LogP) is 2.33. The molecule has 1 N–H and O–H groups in total. The van der Waals surface area contributed by atoms with Crippen molar-refractivity contribution in [2.45, 2.75) is 40.2 Å². The molecule has 2 heteroatoms. The van der Waals surface area contributed by atoms with Crippen molar-refractivity contribution in [1.29, 1.82) is 0 Å². The van der Waals surface area contributed by atoms with Gasteiger partial charge in [0, 0.05) is 5.92 Å². The third kappa shape index (κ3) is 1.88. The van der Waals surface area contributed by atoms with Crippen molar-refractivity contribution in [3.05, 3.63) is 11.3 Å². The molecule has 13 heavy (non-hydrogen) atoms. The van der Waals surface area contributed by atoms with Gasteiger partial charge in [-0.3, -0.25) is 0 Å². The van der Waals surface area contributed by atoms with Crippen LogP contribution in [0.1, 0.15) is 34.1 Å². The summed E-state index contributed by atoms with van der Waals surface area (Å²) < 4.78 is 5.35. The van der Waals surface area contributed by atoms with Gasteiger partial charge in [-0.2, -0.15) is 0 Å². The first-order valence-electron chi connectivity index (χ1n) is 4.80. The van der Waals surface area contributed by atoms with Crippen LogP contribution in [-0.4, -0.2) is 18.3 Å². The largest absolute Gasteiger partial charge is 0.501 e. The van der Waals surface area contributed by atoms with Gasteiger partial charge < -0.3 is 9.84 Å². The molecule has 0 spiro atoms. The van der Waals surface area contributed by atoms with Crippen molar-refractivity contribution < 1.29 is 9.84 Å². The highest BCUT2D eigenvalue weighted by Crippen LogP contribution is 2.43. The summed E-state index contributed by atoms with van der Waals surface area (Å²) in [5.74, 6) is 1.34. The van der Waals surface area contributed by atoms with Gasteiger partial charge in [-0.05, 0) is 24.3 Å². The summed E-state index contributed by atoms with van der Waals surface area (Å²) in [6.07, 6.45) is 0.498. The molecule has 0 bridgehead atoms. The number of aliphatic hydroxyl groups is 1. The fourth-order valence-corrected chi connectivity index (χ4v) is 2.00. The molecule has 1 aliphatic carbocycles. The van der Waals surface area contributed by atoms with E-state index in [1.165, 1.54) is 0 Å².